The predicted octanol–water partition coefficient (Wildman–Crippen LogP) is 1.91. The van der Waals surface area contributed by atoms with Crippen LogP contribution in [0.4, 0.5) is 0 Å². The fraction of sp³-hybridized carbons (Fsp3) is 1.00. The van der Waals surface area contributed by atoms with E-state index in [1.54, 1.807) is 0 Å². The summed E-state index contributed by atoms with van der Waals surface area (Å²) in [6.07, 6.45) is 5.02. The molecule has 0 aromatic carbocycles. The Morgan fingerprint density at radius 2 is 1.86 bits per heavy atom. The summed E-state index contributed by atoms with van der Waals surface area (Å²) in [5.41, 5.74) is -0.363. The fourth-order valence-electron chi connectivity index (χ4n) is 3.51. The van der Waals surface area contributed by atoms with E-state index in [9.17, 15) is 8.42 Å². The van der Waals surface area contributed by atoms with E-state index < -0.39 is 10.0 Å². The van der Waals surface area contributed by atoms with Crippen LogP contribution in [0.15, 0.2) is 0 Å². The van der Waals surface area contributed by atoms with E-state index in [0.29, 0.717) is 38.6 Å². The van der Waals surface area contributed by atoms with E-state index in [4.69, 9.17) is 14.6 Å². The molecular formula is C15H29NO4S. The molecule has 1 saturated carbocycles. The number of hydrogen-bond acceptors (Lipinski definition) is 4. The lowest BCUT2D eigenvalue weighted by Gasteiger charge is -2.39. The molecule has 0 aromatic heterocycles. The van der Waals surface area contributed by atoms with Crippen molar-refractivity contribution in [3.05, 3.63) is 0 Å². The van der Waals surface area contributed by atoms with Gasteiger partial charge in [-0.3, -0.25) is 0 Å². The first-order chi connectivity index (χ1) is 9.80. The highest BCUT2D eigenvalue weighted by molar-refractivity contribution is 7.89. The molecule has 3 unspecified atom stereocenters. The second-order valence-electron chi connectivity index (χ2n) is 7.12. The zero-order valence-electron chi connectivity index (χ0n) is 13.2. The molecule has 3 atom stereocenters. The van der Waals surface area contributed by atoms with Crippen LogP contribution in [0.25, 0.3) is 0 Å². The number of nitrogens with two attached hydrogens (primary N) is 1. The summed E-state index contributed by atoms with van der Waals surface area (Å²) < 4.78 is 34.6. The lowest BCUT2D eigenvalue weighted by molar-refractivity contribution is -0.0702. The molecule has 2 N–H and O–H groups in total. The van der Waals surface area contributed by atoms with E-state index in [1.165, 1.54) is 6.42 Å². The van der Waals surface area contributed by atoms with Crippen LogP contribution >= 0.6 is 0 Å². The Balaban J connectivity index is 1.93. The molecule has 6 heteroatoms. The molecule has 5 nitrogen and oxygen atoms in total. The van der Waals surface area contributed by atoms with Gasteiger partial charge in [-0.25, -0.2) is 13.6 Å². The molecule has 0 aromatic rings. The third-order valence-electron chi connectivity index (χ3n) is 5.24. The number of sulfonamides is 1. The first-order valence-electron chi connectivity index (χ1n) is 7.99. The maximum Gasteiger partial charge on any atom is 0.209 e. The van der Waals surface area contributed by atoms with Gasteiger partial charge in [-0.2, -0.15) is 0 Å². The minimum absolute atomic E-state index is 0.00202. The molecule has 0 spiro atoms. The maximum absolute atomic E-state index is 11.5. The second kappa shape index (κ2) is 6.94. The number of hydrogen-bond donors (Lipinski definition) is 1. The van der Waals surface area contributed by atoms with E-state index in [1.807, 2.05) is 0 Å². The van der Waals surface area contributed by atoms with Crippen molar-refractivity contribution in [1.29, 1.82) is 0 Å². The highest BCUT2D eigenvalue weighted by atomic mass is 32.2. The van der Waals surface area contributed by atoms with E-state index in [-0.39, 0.29) is 17.3 Å². The van der Waals surface area contributed by atoms with Crippen molar-refractivity contribution in [3.63, 3.8) is 0 Å². The molecule has 1 heterocycles. The van der Waals surface area contributed by atoms with Gasteiger partial charge in [0.05, 0.1) is 18.5 Å². The third-order valence-corrected chi connectivity index (χ3v) is 6.25. The largest absolute Gasteiger partial charge is 0.381 e. The van der Waals surface area contributed by atoms with Crippen molar-refractivity contribution in [3.8, 4) is 0 Å². The molecule has 0 bridgehead atoms. The fourth-order valence-corrected chi connectivity index (χ4v) is 4.73. The molecule has 2 aliphatic rings. The molecule has 124 valence electrons. The SMILES string of the molecule is CC1CCC(OCC2(CS(N)(=O)=O)CCOCC2)CC1C. The molecule has 2 rings (SSSR count). The smallest absolute Gasteiger partial charge is 0.209 e. The Bertz CT molecular complexity index is 431. The highest BCUT2D eigenvalue weighted by Crippen LogP contribution is 2.35. The van der Waals surface area contributed by atoms with Crippen LogP contribution in [0.3, 0.4) is 0 Å². The zero-order chi connectivity index (χ0) is 15.5. The Labute approximate surface area is 128 Å². The molecule has 0 amide bonds. The van der Waals surface area contributed by atoms with Crippen LogP contribution in [-0.4, -0.2) is 40.1 Å². The number of rotatable bonds is 5. The lowest BCUT2D eigenvalue weighted by Crippen LogP contribution is -2.43. The molecule has 1 saturated heterocycles. The van der Waals surface area contributed by atoms with Gasteiger partial charge >= 0.3 is 0 Å². The van der Waals surface area contributed by atoms with E-state index in [2.05, 4.69) is 13.8 Å². The van der Waals surface area contributed by atoms with Gasteiger partial charge in [-0.15, -0.1) is 0 Å². The van der Waals surface area contributed by atoms with Gasteiger partial charge in [0.1, 0.15) is 0 Å². The van der Waals surface area contributed by atoms with Crippen LogP contribution < -0.4 is 5.14 Å². The summed E-state index contributed by atoms with van der Waals surface area (Å²) in [5.74, 6) is 1.43. The summed E-state index contributed by atoms with van der Waals surface area (Å²) in [6.45, 7) is 6.24. The third kappa shape index (κ3) is 5.20. The summed E-state index contributed by atoms with van der Waals surface area (Å²) in [5, 5.41) is 5.28. The van der Waals surface area contributed by atoms with Crippen molar-refractivity contribution in [2.45, 2.75) is 52.1 Å². The van der Waals surface area contributed by atoms with Crippen molar-refractivity contribution in [2.24, 2.45) is 22.4 Å². The van der Waals surface area contributed by atoms with Crippen LogP contribution in [0, 0.1) is 17.3 Å². The van der Waals surface area contributed by atoms with E-state index in [0.717, 1.165) is 18.8 Å². The Morgan fingerprint density at radius 1 is 1.19 bits per heavy atom. The molecule has 1 aliphatic carbocycles. The highest BCUT2D eigenvalue weighted by Gasteiger charge is 2.38. The van der Waals surface area contributed by atoms with Crippen molar-refractivity contribution in [2.75, 3.05) is 25.6 Å². The second-order valence-corrected chi connectivity index (χ2v) is 8.73. The monoisotopic (exact) mass is 319 g/mol. The van der Waals surface area contributed by atoms with Crippen molar-refractivity contribution >= 4 is 10.0 Å². The Kier molecular flexibility index (Phi) is 5.68. The first kappa shape index (κ1) is 17.2. The van der Waals surface area contributed by atoms with Crippen LogP contribution in [0.5, 0.6) is 0 Å². The molecule has 2 fully saturated rings. The van der Waals surface area contributed by atoms with Crippen molar-refractivity contribution < 1.29 is 17.9 Å². The van der Waals surface area contributed by atoms with Crippen LogP contribution in [0.2, 0.25) is 0 Å². The summed E-state index contributed by atoms with van der Waals surface area (Å²) in [4.78, 5) is 0. The summed E-state index contributed by atoms with van der Waals surface area (Å²) in [6, 6.07) is 0. The average molecular weight is 319 g/mol. The Morgan fingerprint density at radius 3 is 2.43 bits per heavy atom. The zero-order valence-corrected chi connectivity index (χ0v) is 14.0. The minimum atomic E-state index is -3.49. The maximum atomic E-state index is 11.5. The van der Waals surface area contributed by atoms with Crippen LogP contribution in [-0.2, 0) is 19.5 Å². The van der Waals surface area contributed by atoms with E-state index >= 15 is 0 Å². The summed E-state index contributed by atoms with van der Waals surface area (Å²) in [7, 11) is -3.49. The van der Waals surface area contributed by atoms with Gasteiger partial charge in [-0.05, 0) is 43.9 Å². The topological polar surface area (TPSA) is 78.6 Å². The summed E-state index contributed by atoms with van der Waals surface area (Å²) >= 11 is 0. The van der Waals surface area contributed by atoms with Gasteiger partial charge in [0.2, 0.25) is 10.0 Å². The minimum Gasteiger partial charge on any atom is -0.381 e. The van der Waals surface area contributed by atoms with Gasteiger partial charge in [0, 0.05) is 18.6 Å². The normalized spacial score (nSPS) is 33.8. The van der Waals surface area contributed by atoms with Gasteiger partial charge in [0.25, 0.3) is 0 Å². The predicted molar refractivity (Wildman–Crippen MR) is 82.4 cm³/mol. The molecular weight excluding hydrogens is 290 g/mol. The van der Waals surface area contributed by atoms with Crippen molar-refractivity contribution in [1.82, 2.24) is 0 Å². The molecule has 21 heavy (non-hydrogen) atoms. The molecule has 0 radical (unpaired) electrons. The quantitative estimate of drug-likeness (QED) is 0.839. The molecule has 1 aliphatic heterocycles. The van der Waals surface area contributed by atoms with Gasteiger partial charge in [0.15, 0.2) is 0 Å². The average Bonchev–Trinajstić information content (AvgIpc) is 2.39. The number of ether oxygens (including phenoxy) is 2. The van der Waals surface area contributed by atoms with Gasteiger partial charge < -0.3 is 9.47 Å². The van der Waals surface area contributed by atoms with Crippen LogP contribution in [0.1, 0.15) is 46.0 Å². The first-order valence-corrected chi connectivity index (χ1v) is 9.71. The van der Waals surface area contributed by atoms with Gasteiger partial charge in [-0.1, -0.05) is 13.8 Å². The standard InChI is InChI=1S/C15H29NO4S/c1-12-3-4-14(9-13(12)2)20-10-15(11-21(16,17)18)5-7-19-8-6-15/h12-14H,3-11H2,1-2H3,(H2,16,17,18). The number of primary sulfonamides is 1. The Hall–Kier alpha value is -0.170. The lowest BCUT2D eigenvalue weighted by atomic mass is 9.79.